The molecule has 2 aromatic rings. The van der Waals surface area contributed by atoms with Gasteiger partial charge in [-0.05, 0) is 32.0 Å². The molecule has 0 saturated carbocycles. The van der Waals surface area contributed by atoms with E-state index in [-0.39, 0.29) is 11.9 Å². The molecule has 0 aliphatic heterocycles. The molecule has 0 amide bonds. The summed E-state index contributed by atoms with van der Waals surface area (Å²) >= 11 is 0. The van der Waals surface area contributed by atoms with Gasteiger partial charge in [0.1, 0.15) is 5.75 Å². The Balaban J connectivity index is 2.24. The van der Waals surface area contributed by atoms with Crippen LogP contribution in [0.25, 0.3) is 0 Å². The Kier molecular flexibility index (Phi) is 6.23. The smallest absolute Gasteiger partial charge is 0.310 e. The number of rotatable bonds is 5. The first-order valence-corrected chi connectivity index (χ1v) is 7.35. The molecule has 0 saturated heterocycles. The summed E-state index contributed by atoms with van der Waals surface area (Å²) in [7, 11) is 0. The molecule has 1 heterocycles. The molecular formula is C17H16F2N4O2. The number of ether oxygens (including phenoxy) is 2. The van der Waals surface area contributed by atoms with E-state index in [0.29, 0.717) is 22.7 Å². The second-order valence-electron chi connectivity index (χ2n) is 5.00. The summed E-state index contributed by atoms with van der Waals surface area (Å²) < 4.78 is 35.3. The highest BCUT2D eigenvalue weighted by Crippen LogP contribution is 2.25. The van der Waals surface area contributed by atoms with Gasteiger partial charge in [0.25, 0.3) is 6.43 Å². The molecule has 25 heavy (non-hydrogen) atoms. The predicted molar refractivity (Wildman–Crippen MR) is 89.0 cm³/mol. The van der Waals surface area contributed by atoms with E-state index in [1.807, 2.05) is 6.07 Å². The van der Waals surface area contributed by atoms with E-state index in [1.54, 1.807) is 50.4 Å². The van der Waals surface area contributed by atoms with Crippen molar-refractivity contribution in [3.05, 3.63) is 47.7 Å². The molecule has 8 heteroatoms. The van der Waals surface area contributed by atoms with Crippen molar-refractivity contribution in [3.63, 3.8) is 0 Å². The molecule has 1 aromatic heterocycles. The van der Waals surface area contributed by atoms with Gasteiger partial charge in [0.05, 0.1) is 5.69 Å². The minimum absolute atomic E-state index is 0.0535. The molecule has 0 spiro atoms. The third-order valence-corrected chi connectivity index (χ3v) is 3.05. The van der Waals surface area contributed by atoms with Crippen molar-refractivity contribution in [2.75, 3.05) is 11.9 Å². The first-order valence-electron chi connectivity index (χ1n) is 7.35. The highest BCUT2D eigenvalue weighted by atomic mass is 19.3. The van der Waals surface area contributed by atoms with Crippen LogP contribution >= 0.6 is 0 Å². The molecule has 0 unspecified atom stereocenters. The Morgan fingerprint density at radius 1 is 1.32 bits per heavy atom. The monoisotopic (exact) mass is 346 g/mol. The van der Waals surface area contributed by atoms with Crippen molar-refractivity contribution in [3.8, 4) is 17.8 Å². The van der Waals surface area contributed by atoms with Crippen molar-refractivity contribution < 1.29 is 18.3 Å². The van der Waals surface area contributed by atoms with Crippen LogP contribution in [0.3, 0.4) is 0 Å². The first-order chi connectivity index (χ1) is 12.0. The van der Waals surface area contributed by atoms with Gasteiger partial charge in [-0.25, -0.2) is 13.8 Å². The highest BCUT2D eigenvalue weighted by Gasteiger charge is 2.14. The van der Waals surface area contributed by atoms with Crippen molar-refractivity contribution in [2.45, 2.75) is 20.3 Å². The van der Waals surface area contributed by atoms with Crippen LogP contribution in [-0.4, -0.2) is 24.0 Å². The van der Waals surface area contributed by atoms with E-state index >= 15 is 0 Å². The van der Waals surface area contributed by atoms with Gasteiger partial charge in [0.2, 0.25) is 12.1 Å². The van der Waals surface area contributed by atoms with Crippen LogP contribution in [0.5, 0.6) is 11.6 Å². The van der Waals surface area contributed by atoms with Gasteiger partial charge < -0.3 is 14.8 Å². The Morgan fingerprint density at radius 3 is 2.68 bits per heavy atom. The molecule has 1 N–H and O–H groups in total. The number of aryl methyl sites for hydroxylation is 1. The number of hydrogen-bond donors (Lipinski definition) is 1. The number of nitrogens with one attached hydrogen (secondary N) is 1. The number of amidine groups is 1. The maximum Gasteiger partial charge on any atom is 0.310 e. The van der Waals surface area contributed by atoms with Crippen LogP contribution < -0.4 is 14.8 Å². The van der Waals surface area contributed by atoms with Gasteiger partial charge >= 0.3 is 6.02 Å². The largest absolute Gasteiger partial charge is 0.471 e. The lowest BCUT2D eigenvalue weighted by Gasteiger charge is -2.15. The van der Waals surface area contributed by atoms with Gasteiger partial charge in [-0.1, -0.05) is 18.2 Å². The fourth-order valence-electron chi connectivity index (χ4n) is 1.96. The predicted octanol–water partition coefficient (Wildman–Crippen LogP) is 3.67. The van der Waals surface area contributed by atoms with Crippen LogP contribution in [0.2, 0.25) is 0 Å². The van der Waals surface area contributed by atoms with E-state index in [1.165, 1.54) is 0 Å². The maximum absolute atomic E-state index is 12.4. The average molecular weight is 346 g/mol. The van der Waals surface area contributed by atoms with Crippen LogP contribution in [0.1, 0.15) is 11.3 Å². The van der Waals surface area contributed by atoms with E-state index < -0.39 is 13.0 Å². The van der Waals surface area contributed by atoms with E-state index in [4.69, 9.17) is 14.7 Å². The Morgan fingerprint density at radius 2 is 2.04 bits per heavy atom. The number of alkyl halides is 2. The van der Waals surface area contributed by atoms with Crippen LogP contribution in [-0.2, 0) is 0 Å². The number of aromatic nitrogens is 1. The molecule has 0 bridgehead atoms. The summed E-state index contributed by atoms with van der Waals surface area (Å²) in [6.07, 6.45) is -0.950. The number of halogens is 2. The van der Waals surface area contributed by atoms with Crippen molar-refractivity contribution in [1.82, 2.24) is 4.98 Å². The second-order valence-corrected chi connectivity index (χ2v) is 5.00. The standard InChI is InChI=1S/C17H16F2N4O2/c1-11-8-14(12(2)16(22-11)24-9-15(18)19)23-17(21-10-20)25-13-6-4-3-5-7-13/h3-8,15H,9H2,1-2H3,(H,21,22,23). The van der Waals surface area contributed by atoms with Crippen LogP contribution in [0.4, 0.5) is 14.5 Å². The van der Waals surface area contributed by atoms with E-state index in [9.17, 15) is 8.78 Å². The SMILES string of the molecule is Cc1cc(N/C(=N\C#N)Oc2ccccc2)c(C)c(OCC(F)F)n1. The molecule has 0 radical (unpaired) electrons. The summed E-state index contributed by atoms with van der Waals surface area (Å²) in [6, 6.07) is 10.4. The summed E-state index contributed by atoms with van der Waals surface area (Å²) in [6.45, 7) is 2.59. The molecule has 0 fully saturated rings. The minimum atomic E-state index is -2.60. The Hall–Kier alpha value is -3.21. The third kappa shape index (κ3) is 5.42. The number of nitriles is 1. The molecule has 0 aliphatic carbocycles. The molecule has 6 nitrogen and oxygen atoms in total. The van der Waals surface area contributed by atoms with Gasteiger partial charge in [0.15, 0.2) is 6.61 Å². The zero-order valence-electron chi connectivity index (χ0n) is 13.7. The Bertz CT molecular complexity index is 789. The normalized spacial score (nSPS) is 11.1. The molecule has 130 valence electrons. The zero-order valence-corrected chi connectivity index (χ0v) is 13.7. The van der Waals surface area contributed by atoms with Crippen molar-refractivity contribution >= 4 is 11.7 Å². The fourth-order valence-corrected chi connectivity index (χ4v) is 1.96. The van der Waals surface area contributed by atoms with Gasteiger partial charge in [-0.3, -0.25) is 0 Å². The quantitative estimate of drug-likeness (QED) is 0.508. The number of anilines is 1. The van der Waals surface area contributed by atoms with Gasteiger partial charge in [-0.15, -0.1) is 4.99 Å². The molecule has 1 aromatic carbocycles. The molecule has 0 aliphatic rings. The van der Waals surface area contributed by atoms with Crippen molar-refractivity contribution in [2.24, 2.45) is 4.99 Å². The number of pyridine rings is 1. The summed E-state index contributed by atoms with van der Waals surface area (Å²) in [4.78, 5) is 7.70. The minimum Gasteiger partial charge on any atom is -0.471 e. The summed E-state index contributed by atoms with van der Waals surface area (Å²) in [5.74, 6) is 0.570. The average Bonchev–Trinajstić information content (AvgIpc) is 2.57. The van der Waals surface area contributed by atoms with Crippen LogP contribution in [0.15, 0.2) is 41.4 Å². The first kappa shape index (κ1) is 18.1. The van der Waals surface area contributed by atoms with Gasteiger partial charge in [0, 0.05) is 11.3 Å². The fraction of sp³-hybridized carbons (Fsp3) is 0.235. The molecule has 0 atom stereocenters. The lowest BCUT2D eigenvalue weighted by molar-refractivity contribution is 0.0792. The number of benzene rings is 1. The van der Waals surface area contributed by atoms with Gasteiger partial charge in [-0.2, -0.15) is 5.26 Å². The van der Waals surface area contributed by atoms with Crippen LogP contribution in [0, 0.1) is 25.3 Å². The number of para-hydroxylation sites is 1. The topological polar surface area (TPSA) is 79.5 Å². The number of nitrogens with zero attached hydrogens (tertiary/aromatic N) is 3. The van der Waals surface area contributed by atoms with E-state index in [2.05, 4.69) is 15.3 Å². The maximum atomic E-state index is 12.4. The lowest BCUT2D eigenvalue weighted by atomic mass is 10.2. The number of aliphatic imine (C=N–C) groups is 1. The highest BCUT2D eigenvalue weighted by molar-refractivity contribution is 5.92. The molecular weight excluding hydrogens is 330 g/mol. The van der Waals surface area contributed by atoms with Crippen molar-refractivity contribution in [1.29, 1.82) is 5.26 Å². The number of hydrogen-bond acceptors (Lipinski definition) is 5. The lowest BCUT2D eigenvalue weighted by Crippen LogP contribution is -2.20. The summed E-state index contributed by atoms with van der Waals surface area (Å²) in [5.41, 5.74) is 1.53. The zero-order chi connectivity index (χ0) is 18.2. The van der Waals surface area contributed by atoms with E-state index in [0.717, 1.165) is 0 Å². The molecule has 2 rings (SSSR count). The third-order valence-electron chi connectivity index (χ3n) is 3.05. The summed E-state index contributed by atoms with van der Waals surface area (Å²) in [5, 5.41) is 11.7. The Labute approximate surface area is 143 Å². The second kappa shape index (κ2) is 8.59.